The second-order valence-electron chi connectivity index (χ2n) is 8.10. The Bertz CT molecular complexity index is 1010. The molecular formula is C23H23ClN4O. The van der Waals surface area contributed by atoms with E-state index in [1.54, 1.807) is 6.33 Å². The third-order valence-corrected chi connectivity index (χ3v) is 6.17. The smallest absolute Gasteiger partial charge is 0.225 e. The van der Waals surface area contributed by atoms with E-state index in [0.717, 1.165) is 66.4 Å². The number of amides is 1. The lowest BCUT2D eigenvalue weighted by Gasteiger charge is -2.17. The third kappa shape index (κ3) is 3.92. The van der Waals surface area contributed by atoms with E-state index in [1.165, 1.54) is 0 Å². The SMILES string of the molecule is O=C(C1CC1)N1CC[C@H](Cn2cnnc2-c2ccc(-c3ccc(Cl)cc3)cc2)C1. The Morgan fingerprint density at radius 2 is 1.62 bits per heavy atom. The van der Waals surface area contributed by atoms with E-state index in [2.05, 4.69) is 39.0 Å². The van der Waals surface area contributed by atoms with Crippen molar-refractivity contribution >= 4 is 17.5 Å². The predicted octanol–water partition coefficient (Wildman–Crippen LogP) is 4.52. The first-order valence-electron chi connectivity index (χ1n) is 10.2. The van der Waals surface area contributed by atoms with Crippen LogP contribution in [0.15, 0.2) is 54.9 Å². The summed E-state index contributed by atoms with van der Waals surface area (Å²) >= 11 is 5.98. The van der Waals surface area contributed by atoms with Gasteiger partial charge >= 0.3 is 0 Å². The van der Waals surface area contributed by atoms with Crippen LogP contribution < -0.4 is 0 Å². The maximum Gasteiger partial charge on any atom is 0.225 e. The van der Waals surface area contributed by atoms with Crippen molar-refractivity contribution in [2.45, 2.75) is 25.8 Å². The van der Waals surface area contributed by atoms with Gasteiger partial charge in [0, 0.05) is 36.1 Å². The average Bonchev–Trinajstić information content (AvgIpc) is 3.32. The minimum atomic E-state index is 0.304. The zero-order valence-corrected chi connectivity index (χ0v) is 16.9. The molecule has 0 bridgehead atoms. The lowest BCUT2D eigenvalue weighted by Crippen LogP contribution is -2.30. The molecule has 1 aromatic heterocycles. The highest BCUT2D eigenvalue weighted by molar-refractivity contribution is 6.30. The lowest BCUT2D eigenvalue weighted by molar-refractivity contribution is -0.131. The van der Waals surface area contributed by atoms with Gasteiger partial charge in [-0.3, -0.25) is 4.79 Å². The lowest BCUT2D eigenvalue weighted by atomic mass is 10.0. The molecule has 1 aliphatic carbocycles. The van der Waals surface area contributed by atoms with Gasteiger partial charge in [0.15, 0.2) is 5.82 Å². The Hall–Kier alpha value is -2.66. The molecule has 5 nitrogen and oxygen atoms in total. The van der Waals surface area contributed by atoms with Crippen molar-refractivity contribution in [1.29, 1.82) is 0 Å². The molecule has 5 rings (SSSR count). The molecule has 1 saturated carbocycles. The summed E-state index contributed by atoms with van der Waals surface area (Å²) in [5.74, 6) is 1.99. The fourth-order valence-corrected chi connectivity index (χ4v) is 4.24. The first-order chi connectivity index (χ1) is 14.2. The van der Waals surface area contributed by atoms with Crippen LogP contribution in [0.2, 0.25) is 5.02 Å². The number of hydrogen-bond acceptors (Lipinski definition) is 3. The summed E-state index contributed by atoms with van der Waals surface area (Å²) in [7, 11) is 0. The fraction of sp³-hybridized carbons (Fsp3) is 0.348. The Labute approximate surface area is 175 Å². The molecule has 2 aromatic carbocycles. The van der Waals surface area contributed by atoms with E-state index >= 15 is 0 Å². The van der Waals surface area contributed by atoms with Gasteiger partial charge in [-0.05, 0) is 48.4 Å². The standard InChI is InChI=1S/C23H23ClN4O/c24-21-9-7-18(8-10-21)17-1-3-19(4-2-17)22-26-25-15-28(22)14-16-11-12-27(13-16)23(29)20-5-6-20/h1-4,7-10,15-16,20H,5-6,11-14H2/t16-/m0/s1. The Kier molecular flexibility index (Phi) is 4.84. The summed E-state index contributed by atoms with van der Waals surface area (Å²) in [5.41, 5.74) is 3.32. The van der Waals surface area contributed by atoms with Crippen molar-refractivity contribution in [1.82, 2.24) is 19.7 Å². The predicted molar refractivity (Wildman–Crippen MR) is 113 cm³/mol. The summed E-state index contributed by atoms with van der Waals surface area (Å²) < 4.78 is 2.12. The molecule has 0 unspecified atom stereocenters. The topological polar surface area (TPSA) is 51.0 Å². The number of rotatable bonds is 5. The maximum atomic E-state index is 12.3. The Balaban J connectivity index is 1.29. The Morgan fingerprint density at radius 3 is 2.31 bits per heavy atom. The number of hydrogen-bond donors (Lipinski definition) is 0. The average molecular weight is 407 g/mol. The van der Waals surface area contributed by atoms with Crippen LogP contribution in [0.3, 0.4) is 0 Å². The number of nitrogens with zero attached hydrogens (tertiary/aromatic N) is 4. The van der Waals surface area contributed by atoms with E-state index in [1.807, 2.05) is 29.2 Å². The molecule has 2 fully saturated rings. The van der Waals surface area contributed by atoms with Gasteiger partial charge in [0.2, 0.25) is 5.91 Å². The molecule has 1 amide bonds. The Morgan fingerprint density at radius 1 is 0.966 bits per heavy atom. The largest absolute Gasteiger partial charge is 0.342 e. The molecule has 0 N–H and O–H groups in total. The zero-order chi connectivity index (χ0) is 19.8. The van der Waals surface area contributed by atoms with Crippen LogP contribution in [0, 0.1) is 11.8 Å². The molecule has 3 aromatic rings. The summed E-state index contributed by atoms with van der Waals surface area (Å²) in [4.78, 5) is 14.3. The number of aromatic nitrogens is 3. The molecule has 0 radical (unpaired) electrons. The van der Waals surface area contributed by atoms with E-state index in [9.17, 15) is 4.79 Å². The molecule has 2 aliphatic rings. The van der Waals surface area contributed by atoms with Crippen LogP contribution >= 0.6 is 11.6 Å². The zero-order valence-electron chi connectivity index (χ0n) is 16.2. The molecule has 148 valence electrons. The van der Waals surface area contributed by atoms with E-state index < -0.39 is 0 Å². The van der Waals surface area contributed by atoms with E-state index in [0.29, 0.717) is 17.7 Å². The normalized spacial score (nSPS) is 18.9. The molecule has 0 spiro atoms. The fourth-order valence-electron chi connectivity index (χ4n) is 4.11. The number of benzene rings is 2. The highest BCUT2D eigenvalue weighted by Crippen LogP contribution is 2.33. The quantitative estimate of drug-likeness (QED) is 0.625. The van der Waals surface area contributed by atoms with E-state index in [-0.39, 0.29) is 0 Å². The molecule has 29 heavy (non-hydrogen) atoms. The third-order valence-electron chi connectivity index (χ3n) is 5.92. The van der Waals surface area contributed by atoms with Crippen molar-refractivity contribution in [3.05, 3.63) is 59.9 Å². The van der Waals surface area contributed by atoms with Gasteiger partial charge in [0.1, 0.15) is 6.33 Å². The van der Waals surface area contributed by atoms with Crippen molar-refractivity contribution in [3.8, 4) is 22.5 Å². The van der Waals surface area contributed by atoms with Crippen molar-refractivity contribution in [3.63, 3.8) is 0 Å². The van der Waals surface area contributed by atoms with Crippen LogP contribution in [0.25, 0.3) is 22.5 Å². The van der Waals surface area contributed by atoms with Gasteiger partial charge in [-0.1, -0.05) is 48.0 Å². The van der Waals surface area contributed by atoms with Crippen LogP contribution in [-0.4, -0.2) is 38.7 Å². The van der Waals surface area contributed by atoms with Gasteiger partial charge in [-0.25, -0.2) is 0 Å². The van der Waals surface area contributed by atoms with Crippen molar-refractivity contribution in [2.24, 2.45) is 11.8 Å². The number of likely N-dealkylation sites (tertiary alicyclic amines) is 1. The van der Waals surface area contributed by atoms with Gasteiger partial charge in [-0.15, -0.1) is 10.2 Å². The highest BCUT2D eigenvalue weighted by atomic mass is 35.5. The molecule has 2 heterocycles. The number of carbonyl (C=O) groups excluding carboxylic acids is 1. The summed E-state index contributed by atoms with van der Waals surface area (Å²) in [6.07, 6.45) is 4.99. The van der Waals surface area contributed by atoms with Crippen molar-refractivity contribution < 1.29 is 4.79 Å². The van der Waals surface area contributed by atoms with Crippen molar-refractivity contribution in [2.75, 3.05) is 13.1 Å². The van der Waals surface area contributed by atoms with Gasteiger partial charge in [-0.2, -0.15) is 0 Å². The molecule has 1 aliphatic heterocycles. The van der Waals surface area contributed by atoms with Crippen LogP contribution in [0.4, 0.5) is 0 Å². The van der Waals surface area contributed by atoms with E-state index in [4.69, 9.17) is 11.6 Å². The van der Waals surface area contributed by atoms with Gasteiger partial charge in [0.25, 0.3) is 0 Å². The van der Waals surface area contributed by atoms with Crippen LogP contribution in [0.1, 0.15) is 19.3 Å². The summed E-state index contributed by atoms with van der Waals surface area (Å²) in [6, 6.07) is 16.2. The summed E-state index contributed by atoms with van der Waals surface area (Å²) in [5, 5.41) is 9.23. The first kappa shape index (κ1) is 18.4. The molecule has 6 heteroatoms. The van der Waals surface area contributed by atoms with Crippen LogP contribution in [0.5, 0.6) is 0 Å². The summed E-state index contributed by atoms with van der Waals surface area (Å²) in [6.45, 7) is 2.57. The number of halogens is 1. The minimum Gasteiger partial charge on any atom is -0.342 e. The highest BCUT2D eigenvalue weighted by Gasteiger charge is 2.36. The molecule has 1 atom stereocenters. The van der Waals surface area contributed by atoms with Gasteiger partial charge < -0.3 is 9.47 Å². The van der Waals surface area contributed by atoms with Crippen LogP contribution in [-0.2, 0) is 11.3 Å². The van der Waals surface area contributed by atoms with Gasteiger partial charge in [0.05, 0.1) is 0 Å². The first-order valence-corrected chi connectivity index (χ1v) is 10.6. The second-order valence-corrected chi connectivity index (χ2v) is 8.54. The second kappa shape index (κ2) is 7.64. The number of carbonyl (C=O) groups is 1. The maximum absolute atomic E-state index is 12.3. The molecular weight excluding hydrogens is 384 g/mol. The molecule has 1 saturated heterocycles. The minimum absolute atomic E-state index is 0.304. The monoisotopic (exact) mass is 406 g/mol.